The van der Waals surface area contributed by atoms with Crippen molar-refractivity contribution in [3.63, 3.8) is 0 Å². The van der Waals surface area contributed by atoms with Gasteiger partial charge >= 0.3 is 0 Å². The van der Waals surface area contributed by atoms with Crippen molar-refractivity contribution in [2.45, 2.75) is 24.5 Å². The van der Waals surface area contributed by atoms with Gasteiger partial charge in [0.15, 0.2) is 7.14 Å². The molecule has 174 valence electrons. The first-order valence-corrected chi connectivity index (χ1v) is 14.1. The van der Waals surface area contributed by atoms with Gasteiger partial charge in [-0.05, 0) is 25.1 Å². The van der Waals surface area contributed by atoms with Gasteiger partial charge in [-0.2, -0.15) is 4.73 Å². The predicted octanol–water partition coefficient (Wildman–Crippen LogP) is 3.62. The average Bonchev–Trinajstić information content (AvgIpc) is 2.86. The summed E-state index contributed by atoms with van der Waals surface area (Å²) in [5.74, 6) is 0. The minimum Gasteiger partial charge on any atom is -0.618 e. The Morgan fingerprint density at radius 2 is 1.29 bits per heavy atom. The van der Waals surface area contributed by atoms with Crippen LogP contribution in [0.4, 0.5) is 0 Å². The Bertz CT molecular complexity index is 1380. The Hall–Kier alpha value is -3.25. The SMILES string of the molecule is Cc1ccc(S(=O)(=O)NCc2cccc(CP(=O)(c3ccccc3)c3ccccc3)[n+]2[O-])cc1. The third kappa shape index (κ3) is 5.12. The highest BCUT2D eigenvalue weighted by molar-refractivity contribution is 7.89. The number of sulfonamides is 1. The van der Waals surface area contributed by atoms with E-state index in [1.165, 1.54) is 12.1 Å². The lowest BCUT2D eigenvalue weighted by molar-refractivity contribution is -0.621. The van der Waals surface area contributed by atoms with Crippen LogP contribution in [0.5, 0.6) is 0 Å². The Balaban J connectivity index is 1.63. The van der Waals surface area contributed by atoms with Gasteiger partial charge in [0, 0.05) is 22.7 Å². The zero-order valence-corrected chi connectivity index (χ0v) is 20.4. The van der Waals surface area contributed by atoms with Crippen molar-refractivity contribution in [2.24, 2.45) is 0 Å². The smallest absolute Gasteiger partial charge is 0.241 e. The molecule has 0 aliphatic carbocycles. The van der Waals surface area contributed by atoms with E-state index in [1.807, 2.05) is 67.6 Å². The van der Waals surface area contributed by atoms with E-state index in [9.17, 15) is 18.2 Å². The summed E-state index contributed by atoms with van der Waals surface area (Å²) in [5, 5.41) is 14.5. The second-order valence-electron chi connectivity index (χ2n) is 8.01. The molecule has 0 atom stereocenters. The molecule has 0 unspecified atom stereocenters. The number of aryl methyl sites for hydroxylation is 1. The Labute approximate surface area is 199 Å². The lowest BCUT2D eigenvalue weighted by Gasteiger charge is -2.19. The molecule has 0 spiro atoms. The van der Waals surface area contributed by atoms with E-state index in [0.29, 0.717) is 21.0 Å². The van der Waals surface area contributed by atoms with Gasteiger partial charge in [0.1, 0.15) is 0 Å². The van der Waals surface area contributed by atoms with E-state index in [-0.39, 0.29) is 23.3 Å². The molecule has 0 saturated carbocycles. The molecule has 0 radical (unpaired) electrons. The van der Waals surface area contributed by atoms with Crippen LogP contribution in [0, 0.1) is 12.1 Å². The Kier molecular flexibility index (Phi) is 6.98. The zero-order chi connectivity index (χ0) is 24.2. The number of aromatic nitrogens is 1. The van der Waals surface area contributed by atoms with Gasteiger partial charge in [-0.25, -0.2) is 13.1 Å². The van der Waals surface area contributed by atoms with E-state index in [2.05, 4.69) is 4.72 Å². The lowest BCUT2D eigenvalue weighted by atomic mass is 10.2. The van der Waals surface area contributed by atoms with Crippen LogP contribution in [0.15, 0.2) is 108 Å². The van der Waals surface area contributed by atoms with E-state index < -0.39 is 17.2 Å². The second-order valence-corrected chi connectivity index (χ2v) is 12.6. The van der Waals surface area contributed by atoms with E-state index in [0.717, 1.165) is 5.56 Å². The molecule has 4 aromatic rings. The minimum absolute atomic E-state index is 0.0169. The molecule has 6 nitrogen and oxygen atoms in total. The number of benzene rings is 3. The van der Waals surface area contributed by atoms with Crippen LogP contribution in [0.1, 0.15) is 17.0 Å². The highest BCUT2D eigenvalue weighted by atomic mass is 32.2. The summed E-state index contributed by atoms with van der Waals surface area (Å²) < 4.78 is 42.8. The quantitative estimate of drug-likeness (QED) is 0.231. The zero-order valence-electron chi connectivity index (χ0n) is 18.7. The number of hydrogen-bond donors (Lipinski definition) is 1. The molecule has 34 heavy (non-hydrogen) atoms. The first-order chi connectivity index (χ1) is 16.3. The molecule has 0 aliphatic heterocycles. The summed E-state index contributed by atoms with van der Waals surface area (Å²) in [6, 6.07) is 29.6. The number of nitrogens with zero attached hydrogens (tertiary/aromatic N) is 1. The standard InChI is InChI=1S/C26H25N2O4PS/c1-21-15-17-26(18-16-21)34(31,32)27-19-22-9-8-10-23(28(22)29)20-33(30,24-11-4-2-5-12-24)25-13-6-3-7-14-25/h2-18,27H,19-20H2,1H3. The maximum absolute atomic E-state index is 14.3. The van der Waals surface area contributed by atoms with E-state index >= 15 is 0 Å². The molecule has 4 rings (SSSR count). The highest BCUT2D eigenvalue weighted by Gasteiger charge is 2.31. The van der Waals surface area contributed by atoms with Crippen LogP contribution in [0.3, 0.4) is 0 Å². The van der Waals surface area contributed by atoms with Crippen molar-refractivity contribution < 1.29 is 17.7 Å². The first-order valence-electron chi connectivity index (χ1n) is 10.8. The second kappa shape index (κ2) is 9.94. The summed E-state index contributed by atoms with van der Waals surface area (Å²) in [7, 11) is -6.94. The summed E-state index contributed by atoms with van der Waals surface area (Å²) in [6.45, 7) is 1.69. The normalized spacial score (nSPS) is 11.9. The maximum Gasteiger partial charge on any atom is 0.241 e. The average molecular weight is 493 g/mol. The van der Waals surface area contributed by atoms with Gasteiger partial charge in [-0.15, -0.1) is 0 Å². The van der Waals surface area contributed by atoms with E-state index in [4.69, 9.17) is 0 Å². The largest absolute Gasteiger partial charge is 0.618 e. The summed E-state index contributed by atoms with van der Waals surface area (Å²) in [5.41, 5.74) is 1.48. The molecule has 3 aromatic carbocycles. The Morgan fingerprint density at radius 3 is 1.85 bits per heavy atom. The monoisotopic (exact) mass is 492 g/mol. The maximum atomic E-state index is 14.3. The lowest BCUT2D eigenvalue weighted by Crippen LogP contribution is -2.40. The minimum atomic E-state index is -3.78. The fourth-order valence-corrected chi connectivity index (χ4v) is 7.36. The summed E-state index contributed by atoms with van der Waals surface area (Å²) >= 11 is 0. The molecule has 0 amide bonds. The molecule has 8 heteroatoms. The van der Waals surface area contributed by atoms with Gasteiger partial charge < -0.3 is 9.77 Å². The molecular formula is C26H25N2O4PS. The molecular weight excluding hydrogens is 467 g/mol. The van der Waals surface area contributed by atoms with Crippen molar-refractivity contribution in [3.8, 4) is 0 Å². The van der Waals surface area contributed by atoms with Crippen molar-refractivity contribution >= 4 is 27.8 Å². The molecule has 1 heterocycles. The molecule has 1 aromatic heterocycles. The molecule has 1 N–H and O–H groups in total. The molecule has 0 fully saturated rings. The fraction of sp³-hybridized carbons (Fsp3) is 0.115. The van der Waals surface area contributed by atoms with Gasteiger partial charge in [0.25, 0.3) is 0 Å². The predicted molar refractivity (Wildman–Crippen MR) is 134 cm³/mol. The van der Waals surface area contributed by atoms with Gasteiger partial charge in [0.2, 0.25) is 21.4 Å². The van der Waals surface area contributed by atoms with Gasteiger partial charge in [0.05, 0.1) is 17.6 Å². The molecule has 0 saturated heterocycles. The number of nitrogens with one attached hydrogen (secondary N) is 1. The number of hydrogen-bond acceptors (Lipinski definition) is 4. The van der Waals surface area contributed by atoms with Crippen LogP contribution in [0.25, 0.3) is 0 Å². The van der Waals surface area contributed by atoms with Crippen LogP contribution in [0.2, 0.25) is 0 Å². The van der Waals surface area contributed by atoms with Gasteiger partial charge in [-0.3, -0.25) is 0 Å². The third-order valence-corrected chi connectivity index (χ3v) is 10.1. The van der Waals surface area contributed by atoms with Crippen LogP contribution in [-0.2, 0) is 27.3 Å². The van der Waals surface area contributed by atoms with Crippen LogP contribution < -0.4 is 20.1 Å². The van der Waals surface area contributed by atoms with Crippen LogP contribution >= 0.6 is 7.14 Å². The fourth-order valence-electron chi connectivity index (χ4n) is 3.70. The topological polar surface area (TPSA) is 90.2 Å². The van der Waals surface area contributed by atoms with Gasteiger partial charge in [-0.1, -0.05) is 78.4 Å². The van der Waals surface area contributed by atoms with Crippen molar-refractivity contribution in [1.82, 2.24) is 4.72 Å². The third-order valence-electron chi connectivity index (χ3n) is 5.60. The molecule has 0 bridgehead atoms. The first kappa shape index (κ1) is 23.9. The van der Waals surface area contributed by atoms with Crippen molar-refractivity contribution in [1.29, 1.82) is 0 Å². The van der Waals surface area contributed by atoms with Crippen molar-refractivity contribution in [2.75, 3.05) is 0 Å². The highest BCUT2D eigenvalue weighted by Crippen LogP contribution is 2.46. The van der Waals surface area contributed by atoms with Crippen molar-refractivity contribution in [3.05, 3.63) is 125 Å². The summed E-state index contributed by atoms with van der Waals surface area (Å²) in [6.07, 6.45) is 0.0169. The van der Waals surface area contributed by atoms with Crippen LogP contribution in [-0.4, -0.2) is 8.42 Å². The summed E-state index contributed by atoms with van der Waals surface area (Å²) in [4.78, 5) is 0.129. The van der Waals surface area contributed by atoms with E-state index in [1.54, 1.807) is 30.3 Å². The Morgan fingerprint density at radius 1 is 0.765 bits per heavy atom. The number of pyridine rings is 1. The number of rotatable bonds is 8. The molecule has 0 aliphatic rings.